The van der Waals surface area contributed by atoms with Crippen molar-refractivity contribution in [2.24, 2.45) is 5.92 Å². The molecule has 0 radical (unpaired) electrons. The van der Waals surface area contributed by atoms with E-state index in [1.807, 2.05) is 6.92 Å². The third-order valence-electron chi connectivity index (χ3n) is 5.67. The van der Waals surface area contributed by atoms with Gasteiger partial charge in [-0.25, -0.2) is 0 Å². The van der Waals surface area contributed by atoms with E-state index in [0.717, 1.165) is 5.56 Å². The highest BCUT2D eigenvalue weighted by atomic mass is 35.5. The Morgan fingerprint density at radius 2 is 1.94 bits per heavy atom. The Kier molecular flexibility index (Phi) is 6.30. The molecule has 0 spiro atoms. The topological polar surface area (TPSA) is 76.1 Å². The van der Waals surface area contributed by atoms with Crippen LogP contribution in [0.15, 0.2) is 42.2 Å². The highest BCUT2D eigenvalue weighted by Crippen LogP contribution is 2.40. The molecule has 6 nitrogen and oxygen atoms in total. The van der Waals surface area contributed by atoms with Gasteiger partial charge in [0.15, 0.2) is 5.76 Å². The third kappa shape index (κ3) is 4.60. The summed E-state index contributed by atoms with van der Waals surface area (Å²) in [5.41, 5.74) is 1.82. The van der Waals surface area contributed by atoms with Gasteiger partial charge >= 0.3 is 5.97 Å². The molecule has 2 aromatic rings. The van der Waals surface area contributed by atoms with Crippen molar-refractivity contribution >= 4 is 29.4 Å². The number of phenolic OH excluding ortho intramolecular Hbond substituents is 1. The van der Waals surface area contributed by atoms with Gasteiger partial charge in [0.05, 0.1) is 23.7 Å². The van der Waals surface area contributed by atoms with Gasteiger partial charge in [-0.3, -0.25) is 14.5 Å². The minimum absolute atomic E-state index is 0.0852. The summed E-state index contributed by atoms with van der Waals surface area (Å²) in [6.45, 7) is 4.04. The Hall–Kier alpha value is -2.83. The first-order valence-corrected chi connectivity index (χ1v) is 10.8. The lowest BCUT2D eigenvalue weighted by Crippen LogP contribution is -2.36. The van der Waals surface area contributed by atoms with E-state index in [4.69, 9.17) is 21.1 Å². The maximum Gasteiger partial charge on any atom is 0.309 e. The van der Waals surface area contributed by atoms with Crippen LogP contribution < -0.4 is 4.74 Å². The number of halogens is 1. The Morgan fingerprint density at radius 3 is 2.61 bits per heavy atom. The van der Waals surface area contributed by atoms with Crippen LogP contribution in [0.25, 0.3) is 6.08 Å². The molecule has 31 heavy (non-hydrogen) atoms. The number of Topliss-reactive ketones (excluding diaryl/α,β-unsaturated/α-hetero) is 1. The van der Waals surface area contributed by atoms with E-state index in [-0.39, 0.29) is 29.2 Å². The fourth-order valence-corrected chi connectivity index (χ4v) is 4.10. The molecular weight excluding hydrogens is 418 g/mol. The molecule has 0 bridgehead atoms. The first-order chi connectivity index (χ1) is 15.0. The molecule has 0 saturated carbocycles. The van der Waals surface area contributed by atoms with Crippen LogP contribution in [0.2, 0.25) is 5.02 Å². The van der Waals surface area contributed by atoms with Gasteiger partial charge in [-0.1, -0.05) is 23.7 Å². The average Bonchev–Trinajstić information content (AvgIpc) is 3.08. The Morgan fingerprint density at radius 1 is 1.23 bits per heavy atom. The number of ether oxygens (including phenoxy) is 2. The third-order valence-corrected chi connectivity index (χ3v) is 5.93. The maximum absolute atomic E-state index is 12.8. The molecule has 162 valence electrons. The number of fused-ring (bicyclic) bond motifs is 1. The molecule has 2 aliphatic rings. The van der Waals surface area contributed by atoms with Crippen molar-refractivity contribution in [3.05, 3.63) is 63.9 Å². The fourth-order valence-electron chi connectivity index (χ4n) is 3.97. The number of rotatable bonds is 5. The number of hydrogen-bond donors (Lipinski definition) is 1. The molecule has 7 heteroatoms. The van der Waals surface area contributed by atoms with Crippen LogP contribution in [-0.4, -0.2) is 41.5 Å². The summed E-state index contributed by atoms with van der Waals surface area (Å²) in [5.74, 6) is 0.261. The highest BCUT2D eigenvalue weighted by molar-refractivity contribution is 6.30. The number of carbonyl (C=O) groups excluding carboxylic acids is 2. The van der Waals surface area contributed by atoms with Crippen molar-refractivity contribution < 1.29 is 24.2 Å². The van der Waals surface area contributed by atoms with Gasteiger partial charge in [0.25, 0.3) is 0 Å². The molecular formula is C24H24ClNO5. The van der Waals surface area contributed by atoms with Gasteiger partial charge in [-0.2, -0.15) is 0 Å². The number of nitrogens with zero attached hydrogens (tertiary/aromatic N) is 1. The van der Waals surface area contributed by atoms with Gasteiger partial charge in [0.2, 0.25) is 5.78 Å². The van der Waals surface area contributed by atoms with Crippen molar-refractivity contribution in [2.75, 3.05) is 19.7 Å². The van der Waals surface area contributed by atoms with Crippen LogP contribution in [0.1, 0.15) is 41.3 Å². The number of likely N-dealkylation sites (tertiary alicyclic amines) is 1. The standard InChI is InChI=1S/C24H24ClNO5/c1-2-30-24(29)16-9-11-26(12-10-16)14-19-20(27)8-7-18-22(28)21(31-23(18)19)13-15-3-5-17(25)6-4-15/h3-8,13,16,27H,2,9-12,14H2,1H3/b21-13+. The minimum atomic E-state index is -0.216. The second-order valence-electron chi connectivity index (χ2n) is 7.73. The lowest BCUT2D eigenvalue weighted by atomic mass is 9.96. The van der Waals surface area contributed by atoms with Crippen molar-refractivity contribution in [3.63, 3.8) is 0 Å². The minimum Gasteiger partial charge on any atom is -0.507 e. The first kappa shape index (κ1) is 21.4. The zero-order valence-electron chi connectivity index (χ0n) is 17.3. The summed E-state index contributed by atoms with van der Waals surface area (Å²) >= 11 is 5.93. The molecule has 2 aliphatic heterocycles. The van der Waals surface area contributed by atoms with Crippen LogP contribution in [0.3, 0.4) is 0 Å². The van der Waals surface area contributed by atoms with E-state index in [1.165, 1.54) is 6.07 Å². The highest BCUT2D eigenvalue weighted by Gasteiger charge is 2.33. The molecule has 0 atom stereocenters. The van der Waals surface area contributed by atoms with Crippen LogP contribution in [-0.2, 0) is 16.1 Å². The van der Waals surface area contributed by atoms with Crippen LogP contribution in [0, 0.1) is 5.92 Å². The largest absolute Gasteiger partial charge is 0.507 e. The first-order valence-electron chi connectivity index (χ1n) is 10.4. The number of piperidine rings is 1. The number of esters is 1. The monoisotopic (exact) mass is 441 g/mol. The second kappa shape index (κ2) is 9.12. The van der Waals surface area contributed by atoms with E-state index in [1.54, 1.807) is 36.4 Å². The van der Waals surface area contributed by atoms with E-state index < -0.39 is 0 Å². The van der Waals surface area contributed by atoms with Gasteiger partial charge in [-0.15, -0.1) is 0 Å². The van der Waals surface area contributed by atoms with Crippen molar-refractivity contribution in [2.45, 2.75) is 26.3 Å². The average molecular weight is 442 g/mol. The number of ketones is 1. The smallest absolute Gasteiger partial charge is 0.309 e. The lowest BCUT2D eigenvalue weighted by molar-refractivity contribution is -0.149. The molecule has 1 fully saturated rings. The summed E-state index contributed by atoms with van der Waals surface area (Å²) in [5, 5.41) is 11.1. The van der Waals surface area contributed by atoms with Crippen LogP contribution in [0.5, 0.6) is 11.5 Å². The van der Waals surface area contributed by atoms with Crippen molar-refractivity contribution in [1.29, 1.82) is 0 Å². The van der Waals surface area contributed by atoms with Crippen molar-refractivity contribution in [3.8, 4) is 11.5 Å². The van der Waals surface area contributed by atoms with Crippen molar-refractivity contribution in [1.82, 2.24) is 4.90 Å². The second-order valence-corrected chi connectivity index (χ2v) is 8.17. The number of benzene rings is 2. The van der Waals surface area contributed by atoms with E-state index in [0.29, 0.717) is 61.0 Å². The Bertz CT molecular complexity index is 1020. The Balaban J connectivity index is 1.50. The summed E-state index contributed by atoms with van der Waals surface area (Å²) in [6.07, 6.45) is 3.08. The Labute approximate surface area is 186 Å². The van der Waals surface area contributed by atoms with Gasteiger partial charge in [0.1, 0.15) is 11.5 Å². The fraction of sp³-hybridized carbons (Fsp3) is 0.333. The molecule has 1 N–H and O–H groups in total. The lowest BCUT2D eigenvalue weighted by Gasteiger charge is -2.31. The molecule has 0 unspecified atom stereocenters. The summed E-state index contributed by atoms with van der Waals surface area (Å²) in [6, 6.07) is 10.2. The molecule has 0 amide bonds. The normalized spacial score (nSPS) is 18.1. The maximum atomic E-state index is 12.8. The number of carbonyl (C=O) groups is 2. The summed E-state index contributed by atoms with van der Waals surface area (Å²) in [7, 11) is 0. The number of hydrogen-bond acceptors (Lipinski definition) is 6. The predicted octanol–water partition coefficient (Wildman–Crippen LogP) is 4.44. The quantitative estimate of drug-likeness (QED) is 0.546. The molecule has 0 aromatic heterocycles. The number of aromatic hydroxyl groups is 1. The van der Waals surface area contributed by atoms with Gasteiger partial charge in [-0.05, 0) is 68.8 Å². The summed E-state index contributed by atoms with van der Waals surface area (Å²) in [4.78, 5) is 26.9. The predicted molar refractivity (Wildman–Crippen MR) is 117 cm³/mol. The molecule has 0 aliphatic carbocycles. The van der Waals surface area contributed by atoms with E-state index >= 15 is 0 Å². The zero-order chi connectivity index (χ0) is 22.0. The van der Waals surface area contributed by atoms with Gasteiger partial charge < -0.3 is 14.6 Å². The van der Waals surface area contributed by atoms with Crippen LogP contribution in [0.4, 0.5) is 0 Å². The molecule has 4 rings (SSSR count). The van der Waals surface area contributed by atoms with Gasteiger partial charge in [0, 0.05) is 11.6 Å². The van der Waals surface area contributed by atoms with Crippen LogP contribution >= 0.6 is 11.6 Å². The number of allylic oxidation sites excluding steroid dienone is 1. The molecule has 2 aromatic carbocycles. The molecule has 1 saturated heterocycles. The SMILES string of the molecule is CCOC(=O)C1CCN(Cc2c(O)ccc3c2O/C(=C/c2ccc(Cl)cc2)C3=O)CC1. The molecule has 2 heterocycles. The van der Waals surface area contributed by atoms with E-state index in [9.17, 15) is 14.7 Å². The zero-order valence-corrected chi connectivity index (χ0v) is 18.0. The number of phenols is 1. The summed E-state index contributed by atoms with van der Waals surface area (Å²) < 4.78 is 11.0. The van der Waals surface area contributed by atoms with E-state index in [2.05, 4.69) is 4.90 Å².